The van der Waals surface area contributed by atoms with Crippen LogP contribution in [-0.2, 0) is 11.3 Å². The van der Waals surface area contributed by atoms with Crippen molar-refractivity contribution in [3.63, 3.8) is 0 Å². The predicted octanol–water partition coefficient (Wildman–Crippen LogP) is 2.68. The number of carbonyl (C=O) groups is 1. The second kappa shape index (κ2) is 11.3. The summed E-state index contributed by atoms with van der Waals surface area (Å²) in [6.45, 7) is 8.24. The summed E-state index contributed by atoms with van der Waals surface area (Å²) >= 11 is 0. The third-order valence-corrected chi connectivity index (χ3v) is 3.92. The van der Waals surface area contributed by atoms with Crippen LogP contribution in [0.2, 0.25) is 0 Å². The molecule has 1 aromatic rings. The molecule has 24 heavy (non-hydrogen) atoms. The highest BCUT2D eigenvalue weighted by Gasteiger charge is 2.18. The number of nitrogens with one attached hydrogen (secondary N) is 2. The Hall–Kier alpha value is -1.31. The third kappa shape index (κ3) is 7.07. The Morgan fingerprint density at radius 1 is 1.33 bits per heavy atom. The van der Waals surface area contributed by atoms with E-state index in [2.05, 4.69) is 53.7 Å². The molecular weight excluding hydrogens is 415 g/mol. The molecule has 1 aliphatic heterocycles. The first-order valence-electron chi connectivity index (χ1n) is 8.54. The topological polar surface area (TPSA) is 56.7 Å². The van der Waals surface area contributed by atoms with E-state index in [9.17, 15) is 4.79 Å². The Bertz CT molecular complexity index is 548. The van der Waals surface area contributed by atoms with Gasteiger partial charge in [-0.1, -0.05) is 29.8 Å². The molecule has 0 unspecified atom stereocenters. The summed E-state index contributed by atoms with van der Waals surface area (Å²) in [5, 5.41) is 6.61. The van der Waals surface area contributed by atoms with Crippen LogP contribution in [0.1, 0.15) is 37.3 Å². The molecule has 1 heterocycles. The van der Waals surface area contributed by atoms with Gasteiger partial charge in [-0.05, 0) is 32.3 Å². The molecule has 134 valence electrons. The van der Waals surface area contributed by atoms with E-state index in [-0.39, 0.29) is 24.0 Å². The van der Waals surface area contributed by atoms with Crippen LogP contribution in [0.4, 0.5) is 0 Å². The minimum atomic E-state index is 0. The monoisotopic (exact) mass is 444 g/mol. The van der Waals surface area contributed by atoms with Gasteiger partial charge in [0.2, 0.25) is 5.91 Å². The van der Waals surface area contributed by atoms with Gasteiger partial charge in [-0.15, -0.1) is 24.0 Å². The van der Waals surface area contributed by atoms with Crippen molar-refractivity contribution in [2.24, 2.45) is 4.99 Å². The van der Waals surface area contributed by atoms with Crippen LogP contribution in [0, 0.1) is 6.92 Å². The highest BCUT2D eigenvalue weighted by atomic mass is 127. The number of guanidine groups is 1. The van der Waals surface area contributed by atoms with Crippen LogP contribution in [-0.4, -0.2) is 42.9 Å². The van der Waals surface area contributed by atoms with E-state index in [1.54, 1.807) is 0 Å². The molecule has 1 saturated heterocycles. The Labute approximate surface area is 162 Å². The first-order valence-corrected chi connectivity index (χ1v) is 8.54. The van der Waals surface area contributed by atoms with E-state index in [0.717, 1.165) is 45.0 Å². The van der Waals surface area contributed by atoms with Gasteiger partial charge in [0.25, 0.3) is 0 Å². The van der Waals surface area contributed by atoms with Gasteiger partial charge in [-0.2, -0.15) is 0 Å². The Morgan fingerprint density at radius 2 is 2.17 bits per heavy atom. The van der Waals surface area contributed by atoms with Gasteiger partial charge in [0, 0.05) is 32.6 Å². The van der Waals surface area contributed by atoms with Crippen molar-refractivity contribution < 1.29 is 4.79 Å². The predicted molar refractivity (Wildman–Crippen MR) is 110 cm³/mol. The molecular formula is C18H29IN4O. The van der Waals surface area contributed by atoms with Gasteiger partial charge in [-0.25, -0.2) is 4.99 Å². The van der Waals surface area contributed by atoms with Crippen molar-refractivity contribution >= 4 is 35.8 Å². The van der Waals surface area contributed by atoms with Gasteiger partial charge < -0.3 is 15.5 Å². The number of aliphatic imine (C=N–C) groups is 1. The number of nitrogens with zero attached hydrogens (tertiary/aromatic N) is 2. The number of amides is 1. The molecule has 0 atom stereocenters. The van der Waals surface area contributed by atoms with Crippen molar-refractivity contribution in [1.82, 2.24) is 15.5 Å². The van der Waals surface area contributed by atoms with Crippen molar-refractivity contribution in [2.45, 2.75) is 39.7 Å². The lowest BCUT2D eigenvalue weighted by atomic mass is 10.1. The summed E-state index contributed by atoms with van der Waals surface area (Å²) in [6, 6.07) is 8.41. The summed E-state index contributed by atoms with van der Waals surface area (Å²) in [5.41, 5.74) is 2.47. The van der Waals surface area contributed by atoms with Crippen molar-refractivity contribution in [1.29, 1.82) is 0 Å². The van der Waals surface area contributed by atoms with E-state index >= 15 is 0 Å². The Balaban J connectivity index is 0.00000288. The third-order valence-electron chi connectivity index (χ3n) is 3.92. The summed E-state index contributed by atoms with van der Waals surface area (Å²) < 4.78 is 0. The molecule has 1 aliphatic rings. The molecule has 0 aliphatic carbocycles. The second-order valence-electron chi connectivity index (χ2n) is 5.95. The lowest BCUT2D eigenvalue weighted by molar-refractivity contribution is -0.127. The zero-order valence-electron chi connectivity index (χ0n) is 14.7. The minimum Gasteiger partial charge on any atom is -0.357 e. The zero-order valence-corrected chi connectivity index (χ0v) is 17.0. The van der Waals surface area contributed by atoms with E-state index < -0.39 is 0 Å². The zero-order chi connectivity index (χ0) is 16.5. The van der Waals surface area contributed by atoms with Crippen LogP contribution >= 0.6 is 24.0 Å². The van der Waals surface area contributed by atoms with Crippen LogP contribution in [0.15, 0.2) is 29.3 Å². The molecule has 1 fully saturated rings. The maximum absolute atomic E-state index is 11.6. The Morgan fingerprint density at radius 3 is 2.83 bits per heavy atom. The molecule has 1 aromatic carbocycles. The van der Waals surface area contributed by atoms with E-state index in [4.69, 9.17) is 0 Å². The average molecular weight is 444 g/mol. The number of aryl methyl sites for hydroxylation is 1. The lowest BCUT2D eigenvalue weighted by Crippen LogP contribution is -2.39. The van der Waals surface area contributed by atoms with E-state index in [1.165, 1.54) is 11.1 Å². The average Bonchev–Trinajstić information content (AvgIpc) is 2.94. The smallest absolute Gasteiger partial charge is 0.222 e. The summed E-state index contributed by atoms with van der Waals surface area (Å²) in [4.78, 5) is 18.1. The summed E-state index contributed by atoms with van der Waals surface area (Å²) in [6.07, 6.45) is 2.67. The fourth-order valence-corrected chi connectivity index (χ4v) is 2.74. The fourth-order valence-electron chi connectivity index (χ4n) is 2.74. The van der Waals surface area contributed by atoms with Crippen LogP contribution in [0.3, 0.4) is 0 Å². The normalized spacial score (nSPS) is 14.5. The SMILES string of the molecule is CCNC(=NCc1cccc(C)c1)NCCCN1CCCC1=O.I. The number of benzene rings is 1. The van der Waals surface area contributed by atoms with Gasteiger partial charge in [-0.3, -0.25) is 4.79 Å². The highest BCUT2D eigenvalue weighted by Crippen LogP contribution is 2.09. The molecule has 6 heteroatoms. The van der Waals surface area contributed by atoms with Crippen LogP contribution < -0.4 is 10.6 Å². The number of hydrogen-bond acceptors (Lipinski definition) is 2. The molecule has 5 nitrogen and oxygen atoms in total. The Kier molecular flexibility index (Phi) is 9.75. The molecule has 2 rings (SSSR count). The maximum atomic E-state index is 11.6. The van der Waals surface area contributed by atoms with Crippen LogP contribution in [0.25, 0.3) is 0 Å². The standard InChI is InChI=1S/C18H28N4O.HI/c1-3-19-18(21-14-16-8-4-7-15(2)13-16)20-10-6-12-22-11-5-9-17(22)23;/h4,7-8,13H,3,5-6,9-12,14H2,1-2H3,(H2,19,20,21);1H. The molecule has 0 saturated carbocycles. The first kappa shape index (κ1) is 20.7. The van der Waals surface area contributed by atoms with Crippen molar-refractivity contribution in [3.05, 3.63) is 35.4 Å². The fraction of sp³-hybridized carbons (Fsp3) is 0.556. The second-order valence-corrected chi connectivity index (χ2v) is 5.95. The number of rotatable bonds is 7. The number of halogens is 1. The van der Waals surface area contributed by atoms with Crippen molar-refractivity contribution in [2.75, 3.05) is 26.2 Å². The molecule has 2 N–H and O–H groups in total. The molecule has 0 spiro atoms. The van der Waals surface area contributed by atoms with Crippen molar-refractivity contribution in [3.8, 4) is 0 Å². The molecule has 0 bridgehead atoms. The van der Waals surface area contributed by atoms with E-state index in [1.807, 2.05) is 4.90 Å². The van der Waals surface area contributed by atoms with Crippen LogP contribution in [0.5, 0.6) is 0 Å². The highest BCUT2D eigenvalue weighted by molar-refractivity contribution is 14.0. The number of carbonyl (C=O) groups excluding carboxylic acids is 1. The van der Waals surface area contributed by atoms with Gasteiger partial charge in [0.1, 0.15) is 0 Å². The quantitative estimate of drug-likeness (QED) is 0.294. The minimum absolute atomic E-state index is 0. The summed E-state index contributed by atoms with van der Waals surface area (Å²) in [7, 11) is 0. The summed E-state index contributed by atoms with van der Waals surface area (Å²) in [5.74, 6) is 1.13. The van der Waals surface area contributed by atoms with Gasteiger partial charge >= 0.3 is 0 Å². The molecule has 1 amide bonds. The first-order chi connectivity index (χ1) is 11.2. The van der Waals surface area contributed by atoms with Gasteiger partial charge in [0.15, 0.2) is 5.96 Å². The largest absolute Gasteiger partial charge is 0.357 e. The lowest BCUT2D eigenvalue weighted by Gasteiger charge is -2.16. The molecule has 0 radical (unpaired) electrons. The number of likely N-dealkylation sites (tertiary alicyclic amines) is 1. The molecule has 0 aromatic heterocycles. The van der Waals surface area contributed by atoms with E-state index in [0.29, 0.717) is 18.9 Å². The maximum Gasteiger partial charge on any atom is 0.222 e. The number of hydrogen-bond donors (Lipinski definition) is 2. The van der Waals surface area contributed by atoms with Gasteiger partial charge in [0.05, 0.1) is 6.54 Å².